The lowest BCUT2D eigenvalue weighted by Gasteiger charge is -2.25. The molecule has 19 heavy (non-hydrogen) atoms. The van der Waals surface area contributed by atoms with E-state index in [-0.39, 0.29) is 6.10 Å². The predicted molar refractivity (Wildman–Crippen MR) is 81.4 cm³/mol. The number of benzene rings is 1. The molecule has 0 aromatic heterocycles. The van der Waals surface area contributed by atoms with Crippen LogP contribution in [0.4, 0.5) is 0 Å². The first kappa shape index (κ1) is 15.0. The molecule has 2 rings (SSSR count). The maximum Gasteiger partial charge on any atom is 0.139 e. The van der Waals surface area contributed by atoms with Crippen molar-refractivity contribution in [2.24, 2.45) is 5.92 Å². The van der Waals surface area contributed by atoms with Gasteiger partial charge in [-0.15, -0.1) is 0 Å². The minimum atomic E-state index is 0.228. The van der Waals surface area contributed by atoms with E-state index in [0.29, 0.717) is 21.7 Å². The van der Waals surface area contributed by atoms with Crippen molar-refractivity contribution in [3.63, 3.8) is 0 Å². The van der Waals surface area contributed by atoms with Crippen molar-refractivity contribution < 1.29 is 4.74 Å². The molecule has 106 valence electrons. The standard InChI is InChI=1S/C15H21Cl2NO/c1-18-9-8-14(11-4-2-3-5-11)19-15-10-12(16)6-7-13(15)17/h6-7,10-11,14,18H,2-5,8-9H2,1H3. The fraction of sp³-hybridized carbons (Fsp3) is 0.600. The molecule has 1 aliphatic rings. The number of hydrogen-bond donors (Lipinski definition) is 1. The van der Waals surface area contributed by atoms with Crippen LogP contribution in [0.2, 0.25) is 10.0 Å². The van der Waals surface area contributed by atoms with Crippen LogP contribution in [0.1, 0.15) is 32.1 Å². The molecular weight excluding hydrogens is 281 g/mol. The normalized spacial score (nSPS) is 17.6. The van der Waals surface area contributed by atoms with E-state index in [9.17, 15) is 0 Å². The van der Waals surface area contributed by atoms with E-state index in [0.717, 1.165) is 13.0 Å². The minimum Gasteiger partial charge on any atom is -0.488 e. The molecule has 1 saturated carbocycles. The topological polar surface area (TPSA) is 21.3 Å². The third-order valence-electron chi connectivity index (χ3n) is 3.78. The summed E-state index contributed by atoms with van der Waals surface area (Å²) >= 11 is 12.2. The highest BCUT2D eigenvalue weighted by Crippen LogP contribution is 2.34. The molecule has 2 nitrogen and oxygen atoms in total. The van der Waals surface area contributed by atoms with Gasteiger partial charge in [0.1, 0.15) is 11.9 Å². The van der Waals surface area contributed by atoms with E-state index < -0.39 is 0 Å². The van der Waals surface area contributed by atoms with Crippen LogP contribution in [-0.4, -0.2) is 19.7 Å². The van der Waals surface area contributed by atoms with E-state index in [2.05, 4.69) is 5.32 Å². The molecule has 0 heterocycles. The van der Waals surface area contributed by atoms with Gasteiger partial charge < -0.3 is 10.1 Å². The number of halogens is 2. The first-order valence-electron chi connectivity index (χ1n) is 6.97. The van der Waals surface area contributed by atoms with Gasteiger partial charge in [-0.3, -0.25) is 0 Å². The molecule has 0 spiro atoms. The summed E-state index contributed by atoms with van der Waals surface area (Å²) in [6.45, 7) is 0.958. The number of rotatable bonds is 6. The highest BCUT2D eigenvalue weighted by atomic mass is 35.5. The van der Waals surface area contributed by atoms with Gasteiger partial charge in [0.05, 0.1) is 5.02 Å². The van der Waals surface area contributed by atoms with Crippen molar-refractivity contribution >= 4 is 23.2 Å². The molecule has 1 fully saturated rings. The van der Waals surface area contributed by atoms with Gasteiger partial charge in [0.25, 0.3) is 0 Å². The molecule has 1 aromatic rings. The quantitative estimate of drug-likeness (QED) is 0.833. The summed E-state index contributed by atoms with van der Waals surface area (Å²) in [7, 11) is 1.97. The van der Waals surface area contributed by atoms with Gasteiger partial charge in [0, 0.05) is 11.1 Å². The largest absolute Gasteiger partial charge is 0.488 e. The molecule has 0 radical (unpaired) electrons. The smallest absolute Gasteiger partial charge is 0.139 e. The second kappa shape index (κ2) is 7.37. The molecule has 0 bridgehead atoms. The van der Waals surface area contributed by atoms with Crippen molar-refractivity contribution in [2.75, 3.05) is 13.6 Å². The molecule has 1 aliphatic carbocycles. The second-order valence-electron chi connectivity index (χ2n) is 5.17. The molecule has 1 atom stereocenters. The van der Waals surface area contributed by atoms with Gasteiger partial charge in [-0.05, 0) is 50.9 Å². The summed E-state index contributed by atoms with van der Waals surface area (Å²) in [4.78, 5) is 0. The fourth-order valence-corrected chi connectivity index (χ4v) is 3.06. The summed E-state index contributed by atoms with van der Waals surface area (Å²) in [5, 5.41) is 4.50. The number of hydrogen-bond acceptors (Lipinski definition) is 2. The first-order valence-corrected chi connectivity index (χ1v) is 7.72. The molecule has 0 aliphatic heterocycles. The molecule has 0 amide bonds. The van der Waals surface area contributed by atoms with Crippen LogP contribution in [0.15, 0.2) is 18.2 Å². The highest BCUT2D eigenvalue weighted by Gasteiger charge is 2.26. The van der Waals surface area contributed by atoms with Crippen molar-refractivity contribution in [3.8, 4) is 5.75 Å². The van der Waals surface area contributed by atoms with E-state index in [1.165, 1.54) is 25.7 Å². The van der Waals surface area contributed by atoms with Gasteiger partial charge in [-0.1, -0.05) is 36.0 Å². The summed E-state index contributed by atoms with van der Waals surface area (Å²) in [6.07, 6.45) is 6.37. The first-order chi connectivity index (χ1) is 9.20. The Morgan fingerprint density at radius 3 is 2.74 bits per heavy atom. The van der Waals surface area contributed by atoms with Gasteiger partial charge in [-0.2, -0.15) is 0 Å². The zero-order valence-electron chi connectivity index (χ0n) is 11.3. The van der Waals surface area contributed by atoms with Crippen LogP contribution in [-0.2, 0) is 0 Å². The average molecular weight is 302 g/mol. The summed E-state index contributed by atoms with van der Waals surface area (Å²) < 4.78 is 6.16. The summed E-state index contributed by atoms with van der Waals surface area (Å²) in [5.41, 5.74) is 0. The third-order valence-corrected chi connectivity index (χ3v) is 4.32. The Hall–Kier alpha value is -0.440. The monoisotopic (exact) mass is 301 g/mol. The van der Waals surface area contributed by atoms with E-state index in [1.807, 2.05) is 13.1 Å². The Kier molecular flexibility index (Phi) is 5.80. The summed E-state index contributed by atoms with van der Waals surface area (Å²) in [5.74, 6) is 1.35. The van der Waals surface area contributed by atoms with E-state index >= 15 is 0 Å². The van der Waals surface area contributed by atoms with Gasteiger partial charge in [0.2, 0.25) is 0 Å². The lowest BCUT2D eigenvalue weighted by molar-refractivity contribution is 0.127. The van der Waals surface area contributed by atoms with Crippen LogP contribution in [0.3, 0.4) is 0 Å². The molecule has 4 heteroatoms. The summed E-state index contributed by atoms with van der Waals surface area (Å²) in [6, 6.07) is 5.39. The van der Waals surface area contributed by atoms with Crippen LogP contribution in [0, 0.1) is 5.92 Å². The average Bonchev–Trinajstić information content (AvgIpc) is 2.92. The zero-order valence-corrected chi connectivity index (χ0v) is 12.8. The molecule has 1 N–H and O–H groups in total. The minimum absolute atomic E-state index is 0.228. The van der Waals surface area contributed by atoms with Crippen molar-refractivity contribution in [1.29, 1.82) is 0 Å². The lowest BCUT2D eigenvalue weighted by Crippen LogP contribution is -2.29. The van der Waals surface area contributed by atoms with Crippen LogP contribution in [0.5, 0.6) is 5.75 Å². The van der Waals surface area contributed by atoms with Crippen LogP contribution < -0.4 is 10.1 Å². The SMILES string of the molecule is CNCCC(Oc1cc(Cl)ccc1Cl)C1CCCC1. The molecular formula is C15H21Cl2NO. The Balaban J connectivity index is 2.07. The number of ether oxygens (including phenoxy) is 1. The van der Waals surface area contributed by atoms with Gasteiger partial charge >= 0.3 is 0 Å². The maximum atomic E-state index is 6.18. The Morgan fingerprint density at radius 2 is 2.05 bits per heavy atom. The fourth-order valence-electron chi connectivity index (χ4n) is 2.74. The van der Waals surface area contributed by atoms with Crippen molar-refractivity contribution in [1.82, 2.24) is 5.32 Å². The third kappa shape index (κ3) is 4.27. The van der Waals surface area contributed by atoms with Gasteiger partial charge in [-0.25, -0.2) is 0 Å². The van der Waals surface area contributed by atoms with Crippen LogP contribution >= 0.6 is 23.2 Å². The predicted octanol–water partition coefficient (Wildman–Crippen LogP) is 4.54. The Labute approximate surface area is 125 Å². The maximum absolute atomic E-state index is 6.18. The van der Waals surface area contributed by atoms with E-state index in [1.54, 1.807) is 12.1 Å². The zero-order chi connectivity index (χ0) is 13.7. The lowest BCUT2D eigenvalue weighted by atomic mass is 9.98. The molecule has 0 saturated heterocycles. The van der Waals surface area contributed by atoms with Crippen LogP contribution in [0.25, 0.3) is 0 Å². The Morgan fingerprint density at radius 1 is 1.32 bits per heavy atom. The van der Waals surface area contributed by atoms with Crippen molar-refractivity contribution in [2.45, 2.75) is 38.2 Å². The molecule has 1 unspecified atom stereocenters. The van der Waals surface area contributed by atoms with Gasteiger partial charge in [0.15, 0.2) is 0 Å². The number of nitrogens with one attached hydrogen (secondary N) is 1. The second-order valence-corrected chi connectivity index (χ2v) is 6.01. The van der Waals surface area contributed by atoms with Crippen molar-refractivity contribution in [3.05, 3.63) is 28.2 Å². The van der Waals surface area contributed by atoms with E-state index in [4.69, 9.17) is 27.9 Å². The Bertz CT molecular complexity index is 405. The molecule has 1 aromatic carbocycles. The highest BCUT2D eigenvalue weighted by molar-refractivity contribution is 6.34.